The van der Waals surface area contributed by atoms with Crippen molar-refractivity contribution in [1.82, 2.24) is 9.47 Å². The Morgan fingerprint density at radius 2 is 1.88 bits per heavy atom. The van der Waals surface area contributed by atoms with E-state index in [9.17, 15) is 4.79 Å². The third-order valence-electron chi connectivity index (χ3n) is 5.36. The molecule has 1 amide bonds. The molecule has 0 bridgehead atoms. The molecule has 2 aliphatic rings. The fourth-order valence-electron chi connectivity index (χ4n) is 4.23. The largest absolute Gasteiger partial charge is 0.349 e. The molecule has 0 saturated carbocycles. The van der Waals surface area contributed by atoms with Gasteiger partial charge in [0.2, 0.25) is 0 Å². The van der Waals surface area contributed by atoms with Gasteiger partial charge in [-0.3, -0.25) is 4.79 Å². The quantitative estimate of drug-likeness (QED) is 0.634. The number of carbonyl (C=O) groups is 1. The summed E-state index contributed by atoms with van der Waals surface area (Å²) in [5.41, 5.74) is 5.54. The van der Waals surface area contributed by atoms with E-state index in [4.69, 9.17) is 0 Å². The number of carbonyl (C=O) groups excluding carboxylic acids is 1. The Kier molecular flexibility index (Phi) is 2.64. The smallest absolute Gasteiger partial charge is 0.257 e. The van der Waals surface area contributed by atoms with Crippen molar-refractivity contribution < 1.29 is 4.79 Å². The van der Waals surface area contributed by atoms with E-state index < -0.39 is 0 Å². The highest BCUT2D eigenvalue weighted by Gasteiger charge is 2.40. The Bertz CT molecular complexity index is 988. The van der Waals surface area contributed by atoms with Crippen LogP contribution in [0.4, 0.5) is 5.69 Å². The van der Waals surface area contributed by atoms with Crippen LogP contribution in [0.5, 0.6) is 0 Å². The number of fused-ring (bicyclic) bond motifs is 6. The minimum Gasteiger partial charge on any atom is -0.349 e. The van der Waals surface area contributed by atoms with E-state index in [1.54, 1.807) is 0 Å². The molecule has 1 atom stereocenters. The van der Waals surface area contributed by atoms with E-state index in [1.165, 1.54) is 22.2 Å². The number of hydrogen-bond donors (Lipinski definition) is 0. The number of anilines is 1. The first-order valence-electron chi connectivity index (χ1n) is 8.38. The number of para-hydroxylation sites is 1. The van der Waals surface area contributed by atoms with Crippen LogP contribution in [0.3, 0.4) is 0 Å². The van der Waals surface area contributed by atoms with Crippen LogP contribution in [0.2, 0.25) is 0 Å². The van der Waals surface area contributed by atoms with Crippen LogP contribution in [0.1, 0.15) is 27.8 Å². The first kappa shape index (κ1) is 13.7. The molecule has 0 radical (unpaired) electrons. The zero-order valence-corrected chi connectivity index (χ0v) is 13.9. The van der Waals surface area contributed by atoms with Crippen LogP contribution in [0, 0.1) is 6.92 Å². The zero-order chi connectivity index (χ0) is 16.4. The number of benzene rings is 2. The molecule has 2 aromatic carbocycles. The van der Waals surface area contributed by atoms with Crippen LogP contribution >= 0.6 is 0 Å². The highest BCUT2D eigenvalue weighted by atomic mass is 16.2. The van der Waals surface area contributed by atoms with Crippen LogP contribution in [-0.2, 0) is 6.54 Å². The molecule has 4 heteroatoms. The van der Waals surface area contributed by atoms with E-state index in [2.05, 4.69) is 47.7 Å². The van der Waals surface area contributed by atoms with Crippen LogP contribution in [0.15, 0.2) is 48.5 Å². The lowest BCUT2D eigenvalue weighted by atomic mass is 10.0. The summed E-state index contributed by atoms with van der Waals surface area (Å²) in [5, 5.41) is 1.26. The summed E-state index contributed by atoms with van der Waals surface area (Å²) in [5.74, 6) is 0.140. The van der Waals surface area contributed by atoms with Crippen molar-refractivity contribution >= 4 is 22.5 Å². The SMILES string of the molecule is Cc1ccc2c(c1)cc1n2CCN2C(=O)c3ccccc3N(C)C12. The molecule has 1 unspecified atom stereocenters. The first-order chi connectivity index (χ1) is 11.6. The van der Waals surface area contributed by atoms with Gasteiger partial charge in [-0.1, -0.05) is 23.8 Å². The molecular weight excluding hydrogens is 298 g/mol. The van der Waals surface area contributed by atoms with Gasteiger partial charge in [0.15, 0.2) is 0 Å². The topological polar surface area (TPSA) is 28.5 Å². The fourth-order valence-corrected chi connectivity index (χ4v) is 4.23. The molecule has 0 saturated heterocycles. The maximum atomic E-state index is 13.0. The molecule has 1 aromatic heterocycles. The summed E-state index contributed by atoms with van der Waals surface area (Å²) >= 11 is 0. The maximum absolute atomic E-state index is 13.0. The summed E-state index contributed by atoms with van der Waals surface area (Å²) in [6, 6.07) is 16.7. The van der Waals surface area contributed by atoms with Gasteiger partial charge in [0.05, 0.1) is 16.9 Å². The van der Waals surface area contributed by atoms with Gasteiger partial charge >= 0.3 is 0 Å². The number of aromatic nitrogens is 1. The van der Waals surface area contributed by atoms with E-state index >= 15 is 0 Å². The average molecular weight is 317 g/mol. The van der Waals surface area contributed by atoms with Gasteiger partial charge in [-0.25, -0.2) is 0 Å². The van der Waals surface area contributed by atoms with E-state index in [-0.39, 0.29) is 12.1 Å². The Morgan fingerprint density at radius 3 is 2.75 bits per heavy atom. The van der Waals surface area contributed by atoms with Crippen LogP contribution in [0.25, 0.3) is 10.9 Å². The van der Waals surface area contributed by atoms with Crippen LogP contribution < -0.4 is 4.90 Å². The molecule has 0 fully saturated rings. The lowest BCUT2D eigenvalue weighted by Gasteiger charge is -2.46. The third kappa shape index (κ3) is 1.65. The number of nitrogens with zero attached hydrogens (tertiary/aromatic N) is 3. The van der Waals surface area contributed by atoms with Crippen molar-refractivity contribution in [3.8, 4) is 0 Å². The van der Waals surface area contributed by atoms with Crippen molar-refractivity contribution in [3.63, 3.8) is 0 Å². The minimum absolute atomic E-state index is 0.0335. The standard InChI is InChI=1S/C20H19N3O/c1-13-7-8-16-14(11-13)12-18-19-21(2)17-6-4-3-5-15(17)20(24)23(19)10-9-22(16)18/h3-8,11-12,19H,9-10H2,1-2H3. The average Bonchev–Trinajstić information content (AvgIpc) is 2.96. The summed E-state index contributed by atoms with van der Waals surface area (Å²) in [4.78, 5) is 17.2. The number of amides is 1. The van der Waals surface area contributed by atoms with Crippen molar-refractivity contribution in [2.24, 2.45) is 0 Å². The van der Waals surface area contributed by atoms with Gasteiger partial charge in [0.1, 0.15) is 6.17 Å². The molecule has 3 aromatic rings. The molecule has 0 spiro atoms. The Balaban J connectivity index is 1.74. The van der Waals surface area contributed by atoms with Crippen molar-refractivity contribution in [1.29, 1.82) is 0 Å². The van der Waals surface area contributed by atoms with E-state index in [1.807, 2.05) is 29.2 Å². The molecule has 2 aliphatic heterocycles. The number of hydrogen-bond acceptors (Lipinski definition) is 2. The van der Waals surface area contributed by atoms with E-state index in [0.29, 0.717) is 0 Å². The predicted octanol–water partition coefficient (Wildman–Crippen LogP) is 3.55. The van der Waals surface area contributed by atoms with Gasteiger partial charge in [0, 0.05) is 31.0 Å². The number of rotatable bonds is 0. The Hall–Kier alpha value is -2.75. The van der Waals surface area contributed by atoms with Crippen molar-refractivity contribution in [2.75, 3.05) is 18.5 Å². The molecular formula is C20H19N3O. The third-order valence-corrected chi connectivity index (χ3v) is 5.36. The molecule has 4 nitrogen and oxygen atoms in total. The van der Waals surface area contributed by atoms with Crippen molar-refractivity contribution in [3.05, 3.63) is 65.4 Å². The van der Waals surface area contributed by atoms with Gasteiger partial charge in [0.25, 0.3) is 5.91 Å². The maximum Gasteiger partial charge on any atom is 0.257 e. The molecule has 120 valence electrons. The zero-order valence-electron chi connectivity index (χ0n) is 13.9. The second-order valence-electron chi connectivity index (χ2n) is 6.78. The molecule has 24 heavy (non-hydrogen) atoms. The monoisotopic (exact) mass is 317 g/mol. The first-order valence-corrected chi connectivity index (χ1v) is 8.38. The second-order valence-corrected chi connectivity index (χ2v) is 6.78. The van der Waals surface area contributed by atoms with Gasteiger partial charge in [-0.2, -0.15) is 0 Å². The Morgan fingerprint density at radius 1 is 1.04 bits per heavy atom. The highest BCUT2D eigenvalue weighted by molar-refractivity contribution is 6.02. The van der Waals surface area contributed by atoms with E-state index in [0.717, 1.165) is 24.3 Å². The summed E-state index contributed by atoms with van der Waals surface area (Å²) in [7, 11) is 2.08. The molecule has 5 rings (SSSR count). The molecule has 3 heterocycles. The van der Waals surface area contributed by atoms with Gasteiger partial charge < -0.3 is 14.4 Å². The molecule has 0 N–H and O–H groups in total. The van der Waals surface area contributed by atoms with Crippen LogP contribution in [-0.4, -0.2) is 29.0 Å². The molecule has 0 aliphatic carbocycles. The lowest BCUT2D eigenvalue weighted by molar-refractivity contribution is 0.0602. The number of aryl methyl sites for hydroxylation is 1. The predicted molar refractivity (Wildman–Crippen MR) is 95.3 cm³/mol. The summed E-state index contributed by atoms with van der Waals surface area (Å²) < 4.78 is 2.37. The van der Waals surface area contributed by atoms with Gasteiger partial charge in [-0.05, 0) is 37.3 Å². The summed E-state index contributed by atoms with van der Waals surface area (Å²) in [6.07, 6.45) is -0.0335. The summed E-state index contributed by atoms with van der Waals surface area (Å²) in [6.45, 7) is 3.71. The van der Waals surface area contributed by atoms with Gasteiger partial charge in [-0.15, -0.1) is 0 Å². The fraction of sp³-hybridized carbons (Fsp3) is 0.250. The minimum atomic E-state index is -0.0335. The second kappa shape index (κ2) is 4.63. The lowest BCUT2D eigenvalue weighted by Crippen LogP contribution is -2.52. The Labute approximate surface area is 140 Å². The normalized spacial score (nSPS) is 19.2. The highest BCUT2D eigenvalue weighted by Crippen LogP contribution is 2.41. The van der Waals surface area contributed by atoms with Crippen molar-refractivity contribution in [2.45, 2.75) is 19.6 Å².